The number of amides is 1. The van der Waals surface area contributed by atoms with E-state index in [9.17, 15) is 25.2 Å². The van der Waals surface area contributed by atoms with Gasteiger partial charge in [0.15, 0.2) is 0 Å². The van der Waals surface area contributed by atoms with Gasteiger partial charge in [0.05, 0.1) is 13.2 Å². The Balaban J connectivity index is 1.32. The lowest BCUT2D eigenvalue weighted by atomic mass is 9.90. The van der Waals surface area contributed by atoms with E-state index in [1.165, 1.54) is 0 Å². The van der Waals surface area contributed by atoms with Crippen molar-refractivity contribution >= 4 is 17.7 Å². The van der Waals surface area contributed by atoms with Crippen LogP contribution in [-0.4, -0.2) is 87.7 Å². The van der Waals surface area contributed by atoms with Crippen molar-refractivity contribution < 1.29 is 39.4 Å². The molecule has 2 fully saturated rings. The van der Waals surface area contributed by atoms with Crippen LogP contribution in [0.1, 0.15) is 43.6 Å². The predicted molar refractivity (Wildman–Crippen MR) is 140 cm³/mol. The standard InChI is InChI=1S/C28H36ClNO8/c1-28(2,3)38-27(35)30-12-17(13-30)15-36-20-7-4-16(5-8-20)10-19-11-18(6-9-21(19)29)26-25(34)24(33)23(32)22(14-31)37-26/h4-9,11,17,22-26,31-34H,10,12-15H2,1-3H3/t22-,23-,24?,25-,26+/m1/s1. The molecular weight excluding hydrogens is 514 g/mol. The average Bonchev–Trinajstić information content (AvgIpc) is 2.83. The van der Waals surface area contributed by atoms with E-state index in [0.29, 0.717) is 36.7 Å². The third-order valence-electron chi connectivity index (χ3n) is 6.70. The zero-order valence-corrected chi connectivity index (χ0v) is 22.5. The lowest BCUT2D eigenvalue weighted by Crippen LogP contribution is -2.55. The fourth-order valence-corrected chi connectivity index (χ4v) is 4.76. The minimum atomic E-state index is -1.45. The largest absolute Gasteiger partial charge is 0.493 e. The van der Waals surface area contributed by atoms with Crippen LogP contribution in [0.25, 0.3) is 0 Å². The van der Waals surface area contributed by atoms with Crippen LogP contribution in [0, 0.1) is 5.92 Å². The second-order valence-corrected chi connectivity index (χ2v) is 11.4. The molecule has 2 aliphatic heterocycles. The lowest BCUT2D eigenvalue weighted by molar-refractivity contribution is -0.231. The number of nitrogens with zero attached hydrogens (tertiary/aromatic N) is 1. The molecule has 1 unspecified atom stereocenters. The van der Waals surface area contributed by atoms with E-state index >= 15 is 0 Å². The molecule has 5 atom stereocenters. The Labute approximate surface area is 227 Å². The maximum Gasteiger partial charge on any atom is 0.410 e. The Hall–Kier alpha value is -2.40. The highest BCUT2D eigenvalue weighted by Gasteiger charge is 2.44. The van der Waals surface area contributed by atoms with Gasteiger partial charge in [0.1, 0.15) is 41.9 Å². The maximum atomic E-state index is 12.1. The molecule has 9 nitrogen and oxygen atoms in total. The fraction of sp³-hybridized carbons (Fsp3) is 0.536. The summed E-state index contributed by atoms with van der Waals surface area (Å²) in [6.07, 6.45) is -5.90. The van der Waals surface area contributed by atoms with Crippen LogP contribution in [0.15, 0.2) is 42.5 Å². The van der Waals surface area contributed by atoms with E-state index in [2.05, 4.69) is 0 Å². The minimum Gasteiger partial charge on any atom is -0.493 e. The molecule has 2 aromatic rings. The van der Waals surface area contributed by atoms with Crippen molar-refractivity contribution in [2.45, 2.75) is 63.3 Å². The number of aliphatic hydroxyl groups excluding tert-OH is 4. The average molecular weight is 550 g/mol. The van der Waals surface area contributed by atoms with Crippen molar-refractivity contribution in [1.29, 1.82) is 0 Å². The molecule has 2 aromatic carbocycles. The van der Waals surface area contributed by atoms with E-state index in [-0.39, 0.29) is 12.0 Å². The summed E-state index contributed by atoms with van der Waals surface area (Å²) in [5.41, 5.74) is 1.87. The number of rotatable bonds is 7. The second kappa shape index (κ2) is 11.8. The van der Waals surface area contributed by atoms with E-state index in [0.717, 1.165) is 16.9 Å². The molecule has 2 saturated heterocycles. The summed E-state index contributed by atoms with van der Waals surface area (Å²) in [4.78, 5) is 13.7. The highest BCUT2D eigenvalue weighted by Crippen LogP contribution is 2.34. The first kappa shape index (κ1) is 28.6. The number of carbonyl (C=O) groups excluding carboxylic acids is 1. The lowest BCUT2D eigenvalue weighted by Gasteiger charge is -2.40. The number of carbonyl (C=O) groups is 1. The van der Waals surface area contributed by atoms with Crippen LogP contribution < -0.4 is 4.74 Å². The Bertz CT molecular complexity index is 1100. The van der Waals surface area contributed by atoms with Gasteiger partial charge in [-0.1, -0.05) is 35.9 Å². The molecule has 38 heavy (non-hydrogen) atoms. The van der Waals surface area contributed by atoms with Gasteiger partial charge >= 0.3 is 6.09 Å². The molecule has 1 amide bonds. The van der Waals surface area contributed by atoms with Gasteiger partial charge in [-0.3, -0.25) is 0 Å². The van der Waals surface area contributed by atoms with Crippen LogP contribution in [0.3, 0.4) is 0 Å². The number of ether oxygens (including phenoxy) is 3. The second-order valence-electron chi connectivity index (χ2n) is 11.0. The van der Waals surface area contributed by atoms with Gasteiger partial charge in [0, 0.05) is 24.0 Å². The van der Waals surface area contributed by atoms with E-state index in [1.54, 1.807) is 23.1 Å². The number of aliphatic hydroxyl groups is 4. The first-order valence-corrected chi connectivity index (χ1v) is 13.1. The summed E-state index contributed by atoms with van der Waals surface area (Å²) in [6.45, 7) is 6.77. The fourth-order valence-electron chi connectivity index (χ4n) is 4.57. The highest BCUT2D eigenvalue weighted by atomic mass is 35.5. The number of likely N-dealkylation sites (tertiary alicyclic amines) is 1. The molecule has 0 spiro atoms. The van der Waals surface area contributed by atoms with Gasteiger partial charge in [0.2, 0.25) is 0 Å². The highest BCUT2D eigenvalue weighted by molar-refractivity contribution is 6.31. The summed E-state index contributed by atoms with van der Waals surface area (Å²) >= 11 is 6.44. The molecule has 0 aromatic heterocycles. The van der Waals surface area contributed by atoms with Crippen LogP contribution >= 0.6 is 11.6 Å². The van der Waals surface area contributed by atoms with Crippen molar-refractivity contribution in [2.24, 2.45) is 5.92 Å². The molecule has 4 rings (SSSR count). The van der Waals surface area contributed by atoms with Gasteiger partial charge in [-0.05, 0) is 62.1 Å². The van der Waals surface area contributed by atoms with Crippen molar-refractivity contribution in [3.05, 3.63) is 64.2 Å². The minimum absolute atomic E-state index is 0.256. The molecule has 10 heteroatoms. The Kier molecular flexibility index (Phi) is 8.86. The first-order chi connectivity index (χ1) is 17.9. The number of hydrogen-bond acceptors (Lipinski definition) is 8. The quantitative estimate of drug-likeness (QED) is 0.415. The third-order valence-corrected chi connectivity index (χ3v) is 7.07. The topological polar surface area (TPSA) is 129 Å². The third kappa shape index (κ3) is 6.77. The summed E-state index contributed by atoms with van der Waals surface area (Å²) in [6, 6.07) is 12.8. The zero-order valence-electron chi connectivity index (χ0n) is 21.8. The van der Waals surface area contributed by atoms with Crippen LogP contribution in [0.4, 0.5) is 4.79 Å². The Morgan fingerprint density at radius 3 is 2.37 bits per heavy atom. The van der Waals surface area contributed by atoms with Crippen LogP contribution in [0.5, 0.6) is 5.75 Å². The van der Waals surface area contributed by atoms with Gasteiger partial charge < -0.3 is 39.5 Å². The van der Waals surface area contributed by atoms with Gasteiger partial charge in [-0.15, -0.1) is 0 Å². The molecule has 2 aliphatic rings. The van der Waals surface area contributed by atoms with Gasteiger partial charge in [-0.25, -0.2) is 4.79 Å². The van der Waals surface area contributed by atoms with Crippen molar-refractivity contribution in [3.63, 3.8) is 0 Å². The molecular formula is C28H36ClNO8. The molecule has 4 N–H and O–H groups in total. The van der Waals surface area contributed by atoms with E-state index in [4.69, 9.17) is 25.8 Å². The first-order valence-electron chi connectivity index (χ1n) is 12.7. The Morgan fingerprint density at radius 2 is 1.74 bits per heavy atom. The molecule has 0 radical (unpaired) electrons. The number of benzene rings is 2. The van der Waals surface area contributed by atoms with E-state index < -0.39 is 42.7 Å². The van der Waals surface area contributed by atoms with Crippen LogP contribution in [-0.2, 0) is 15.9 Å². The van der Waals surface area contributed by atoms with Crippen molar-refractivity contribution in [3.8, 4) is 5.75 Å². The smallest absolute Gasteiger partial charge is 0.410 e. The van der Waals surface area contributed by atoms with Crippen LogP contribution in [0.2, 0.25) is 5.02 Å². The maximum absolute atomic E-state index is 12.1. The SMILES string of the molecule is CC(C)(C)OC(=O)N1CC(COc2ccc(Cc3cc([C@@H]4O[C@H](CO)[C@@H](O)C(O)[C@H]4O)ccc3Cl)cc2)C1. The zero-order chi connectivity index (χ0) is 27.6. The molecule has 0 aliphatic carbocycles. The molecule has 208 valence electrons. The monoisotopic (exact) mass is 549 g/mol. The van der Waals surface area contributed by atoms with Crippen molar-refractivity contribution in [1.82, 2.24) is 4.90 Å². The molecule has 0 bridgehead atoms. The van der Waals surface area contributed by atoms with Gasteiger partial charge in [0.25, 0.3) is 0 Å². The van der Waals surface area contributed by atoms with Crippen molar-refractivity contribution in [2.75, 3.05) is 26.3 Å². The number of halogens is 1. The summed E-state index contributed by atoms with van der Waals surface area (Å²) in [5, 5.41) is 40.7. The summed E-state index contributed by atoms with van der Waals surface area (Å²) in [7, 11) is 0. The van der Waals surface area contributed by atoms with Gasteiger partial charge in [-0.2, -0.15) is 0 Å². The number of hydrogen-bond donors (Lipinski definition) is 4. The summed E-state index contributed by atoms with van der Waals surface area (Å²) < 4.78 is 17.0. The van der Waals surface area contributed by atoms with E-state index in [1.807, 2.05) is 45.0 Å². The molecule has 2 heterocycles. The molecule has 0 saturated carbocycles. The predicted octanol–water partition coefficient (Wildman–Crippen LogP) is 2.69. The Morgan fingerprint density at radius 1 is 1.05 bits per heavy atom. The summed E-state index contributed by atoms with van der Waals surface area (Å²) in [5.74, 6) is 0.983. The normalized spacial score (nSPS) is 26.1.